The van der Waals surface area contributed by atoms with Crippen molar-refractivity contribution in [2.75, 3.05) is 6.54 Å². The Morgan fingerprint density at radius 3 is 2.71 bits per heavy atom. The molecule has 8 heteroatoms. The zero-order valence-corrected chi connectivity index (χ0v) is 12.5. The molecule has 0 bridgehead atoms. The summed E-state index contributed by atoms with van der Waals surface area (Å²) in [5, 5.41) is 10.6. The minimum Gasteiger partial charge on any atom is -0.258 e. The molecule has 0 saturated carbocycles. The van der Waals surface area contributed by atoms with Crippen molar-refractivity contribution in [3.05, 3.63) is 34.1 Å². The summed E-state index contributed by atoms with van der Waals surface area (Å²) >= 11 is 0. The van der Waals surface area contributed by atoms with Crippen LogP contribution in [-0.4, -0.2) is 30.2 Å². The first-order chi connectivity index (χ1) is 9.87. The number of benzene rings is 1. The fraction of sp³-hybridized carbons (Fsp3) is 0.538. The Morgan fingerprint density at radius 2 is 2.14 bits per heavy atom. The van der Waals surface area contributed by atoms with Crippen LogP contribution in [0.3, 0.4) is 0 Å². The lowest BCUT2D eigenvalue weighted by Crippen LogP contribution is -2.43. The third-order valence-electron chi connectivity index (χ3n) is 3.77. The molecular weight excluding hydrogens is 299 g/mol. The van der Waals surface area contributed by atoms with Crippen molar-refractivity contribution >= 4 is 15.7 Å². The number of hydrogen-bond acceptors (Lipinski definition) is 4. The average molecular weight is 316 g/mol. The number of sulfonamides is 1. The van der Waals surface area contributed by atoms with Crippen LogP contribution < -0.4 is 0 Å². The fourth-order valence-electron chi connectivity index (χ4n) is 2.63. The van der Waals surface area contributed by atoms with E-state index in [1.807, 2.05) is 6.92 Å². The lowest BCUT2D eigenvalue weighted by atomic mass is 10.0. The van der Waals surface area contributed by atoms with Gasteiger partial charge in [-0.25, -0.2) is 8.42 Å². The first-order valence-corrected chi connectivity index (χ1v) is 8.27. The number of rotatable bonds is 4. The Kier molecular flexibility index (Phi) is 4.58. The van der Waals surface area contributed by atoms with Crippen LogP contribution in [0.2, 0.25) is 0 Å². The Labute approximate surface area is 122 Å². The SMILES string of the molecule is CCC1CCCCN1S(=O)(=O)c1ccc([N+](=O)[O-])c(F)c1. The van der Waals surface area contributed by atoms with Crippen molar-refractivity contribution in [2.24, 2.45) is 0 Å². The molecule has 0 radical (unpaired) electrons. The van der Waals surface area contributed by atoms with Gasteiger partial charge in [0.1, 0.15) is 0 Å². The third kappa shape index (κ3) is 3.06. The van der Waals surface area contributed by atoms with Crippen LogP contribution in [0.5, 0.6) is 0 Å². The van der Waals surface area contributed by atoms with Gasteiger partial charge in [0.05, 0.1) is 9.82 Å². The first-order valence-electron chi connectivity index (χ1n) is 6.83. The minimum absolute atomic E-state index is 0.0954. The summed E-state index contributed by atoms with van der Waals surface area (Å²) < 4.78 is 40.2. The van der Waals surface area contributed by atoms with E-state index in [0.29, 0.717) is 13.0 Å². The number of halogens is 1. The molecule has 1 unspecified atom stereocenters. The number of nitrogens with zero attached hydrogens (tertiary/aromatic N) is 2. The molecule has 1 fully saturated rings. The van der Waals surface area contributed by atoms with Crippen LogP contribution in [0.4, 0.5) is 10.1 Å². The van der Waals surface area contributed by atoms with Crippen LogP contribution in [0.25, 0.3) is 0 Å². The van der Waals surface area contributed by atoms with E-state index in [0.717, 1.165) is 37.5 Å². The molecular formula is C13H17FN2O4S. The largest absolute Gasteiger partial charge is 0.304 e. The zero-order chi connectivity index (χ0) is 15.6. The molecule has 1 aromatic carbocycles. The number of hydrogen-bond donors (Lipinski definition) is 0. The topological polar surface area (TPSA) is 80.5 Å². The molecule has 2 rings (SSSR count). The van der Waals surface area contributed by atoms with Gasteiger partial charge in [0, 0.05) is 24.7 Å². The van der Waals surface area contributed by atoms with E-state index in [9.17, 15) is 22.9 Å². The lowest BCUT2D eigenvalue weighted by Gasteiger charge is -2.34. The standard InChI is InChI=1S/C13H17FN2O4S/c1-2-10-5-3-4-8-15(10)21(19,20)11-6-7-13(16(17)18)12(14)9-11/h6-7,9-10H,2-5,8H2,1H3. The van der Waals surface area contributed by atoms with Crippen LogP contribution in [0.1, 0.15) is 32.6 Å². The van der Waals surface area contributed by atoms with Crippen molar-refractivity contribution in [2.45, 2.75) is 43.5 Å². The van der Waals surface area contributed by atoms with E-state index in [4.69, 9.17) is 0 Å². The lowest BCUT2D eigenvalue weighted by molar-refractivity contribution is -0.387. The average Bonchev–Trinajstić information content (AvgIpc) is 2.46. The van der Waals surface area contributed by atoms with E-state index in [1.54, 1.807) is 0 Å². The zero-order valence-electron chi connectivity index (χ0n) is 11.7. The summed E-state index contributed by atoms with van der Waals surface area (Å²) in [5.74, 6) is -1.13. The maximum absolute atomic E-state index is 13.7. The highest BCUT2D eigenvalue weighted by molar-refractivity contribution is 7.89. The van der Waals surface area contributed by atoms with E-state index < -0.39 is 26.5 Å². The van der Waals surface area contributed by atoms with Gasteiger partial charge in [-0.3, -0.25) is 10.1 Å². The predicted molar refractivity (Wildman–Crippen MR) is 74.9 cm³/mol. The van der Waals surface area contributed by atoms with E-state index in [1.165, 1.54) is 4.31 Å². The third-order valence-corrected chi connectivity index (χ3v) is 5.71. The molecule has 0 aromatic heterocycles. The summed E-state index contributed by atoms with van der Waals surface area (Å²) in [4.78, 5) is 9.48. The summed E-state index contributed by atoms with van der Waals surface area (Å²) in [7, 11) is -3.82. The summed E-state index contributed by atoms with van der Waals surface area (Å²) in [6.45, 7) is 2.31. The highest BCUT2D eigenvalue weighted by Crippen LogP contribution is 2.29. The normalized spacial score (nSPS) is 20.4. The maximum Gasteiger partial charge on any atom is 0.304 e. The van der Waals surface area contributed by atoms with Crippen molar-refractivity contribution in [3.63, 3.8) is 0 Å². The molecule has 1 saturated heterocycles. The van der Waals surface area contributed by atoms with Crippen LogP contribution in [0.15, 0.2) is 23.1 Å². The summed E-state index contributed by atoms with van der Waals surface area (Å²) in [6, 6.07) is 2.63. The molecule has 0 aliphatic carbocycles. The quantitative estimate of drug-likeness (QED) is 0.632. The monoisotopic (exact) mass is 316 g/mol. The Morgan fingerprint density at radius 1 is 1.43 bits per heavy atom. The van der Waals surface area contributed by atoms with Gasteiger partial charge in [0.15, 0.2) is 0 Å². The molecule has 21 heavy (non-hydrogen) atoms. The fourth-order valence-corrected chi connectivity index (χ4v) is 4.41. The van der Waals surface area contributed by atoms with Crippen LogP contribution in [-0.2, 0) is 10.0 Å². The predicted octanol–water partition coefficient (Wildman–Crippen LogP) is 2.69. The molecule has 1 aliphatic heterocycles. The number of piperidine rings is 1. The molecule has 0 amide bonds. The summed E-state index contributed by atoms with van der Waals surface area (Å²) in [5.41, 5.74) is -0.723. The smallest absolute Gasteiger partial charge is 0.258 e. The van der Waals surface area contributed by atoms with Crippen LogP contribution >= 0.6 is 0 Å². The van der Waals surface area contributed by atoms with Gasteiger partial charge in [-0.05, 0) is 25.3 Å². The molecule has 6 nitrogen and oxygen atoms in total. The Bertz CT molecular complexity index is 648. The molecule has 1 aromatic rings. The molecule has 0 spiro atoms. The molecule has 0 N–H and O–H groups in total. The number of nitro benzene ring substituents is 1. The molecule has 1 atom stereocenters. The second kappa shape index (κ2) is 6.07. The minimum atomic E-state index is -3.82. The van der Waals surface area contributed by atoms with Gasteiger partial charge in [-0.1, -0.05) is 13.3 Å². The van der Waals surface area contributed by atoms with Gasteiger partial charge in [0.2, 0.25) is 15.8 Å². The van der Waals surface area contributed by atoms with Crippen molar-refractivity contribution in [1.29, 1.82) is 0 Å². The maximum atomic E-state index is 13.7. The van der Waals surface area contributed by atoms with Gasteiger partial charge in [-0.2, -0.15) is 8.70 Å². The Balaban J connectivity index is 2.39. The van der Waals surface area contributed by atoms with Gasteiger partial charge < -0.3 is 0 Å². The first kappa shape index (κ1) is 15.8. The summed E-state index contributed by atoms with van der Waals surface area (Å²) in [6.07, 6.45) is 3.21. The second-order valence-corrected chi connectivity index (χ2v) is 6.93. The number of nitro groups is 1. The molecule has 1 heterocycles. The second-order valence-electron chi connectivity index (χ2n) is 5.04. The van der Waals surface area contributed by atoms with Crippen LogP contribution in [0, 0.1) is 15.9 Å². The Hall–Kier alpha value is -1.54. The van der Waals surface area contributed by atoms with Crippen molar-refractivity contribution in [1.82, 2.24) is 4.31 Å². The van der Waals surface area contributed by atoms with E-state index >= 15 is 0 Å². The molecule has 1 aliphatic rings. The highest BCUT2D eigenvalue weighted by Gasteiger charge is 2.33. The van der Waals surface area contributed by atoms with Crippen molar-refractivity contribution in [3.8, 4) is 0 Å². The van der Waals surface area contributed by atoms with Gasteiger partial charge >= 0.3 is 5.69 Å². The van der Waals surface area contributed by atoms with Gasteiger partial charge in [0.25, 0.3) is 0 Å². The van der Waals surface area contributed by atoms with E-state index in [2.05, 4.69) is 0 Å². The van der Waals surface area contributed by atoms with Gasteiger partial charge in [-0.15, -0.1) is 0 Å². The van der Waals surface area contributed by atoms with Crippen molar-refractivity contribution < 1.29 is 17.7 Å². The van der Waals surface area contributed by atoms with E-state index in [-0.39, 0.29) is 10.9 Å². The highest BCUT2D eigenvalue weighted by atomic mass is 32.2. The molecule has 116 valence electrons.